The van der Waals surface area contributed by atoms with E-state index in [1.165, 1.54) is 75.1 Å². The van der Waals surface area contributed by atoms with Gasteiger partial charge in [-0.25, -0.2) is 0 Å². The summed E-state index contributed by atoms with van der Waals surface area (Å²) in [5.41, 5.74) is 0. The van der Waals surface area contributed by atoms with Crippen molar-refractivity contribution in [3.05, 3.63) is 0 Å². The summed E-state index contributed by atoms with van der Waals surface area (Å²) in [6, 6.07) is 0. The molecule has 0 aliphatic rings. The standard InChI is InChI=1S/C15H31I/c1-3-4-5-6-7-8-9-10-12-15(2)13-11-14-16/h15H,3-14H2,1-2H3. The van der Waals surface area contributed by atoms with Crippen molar-refractivity contribution in [3.63, 3.8) is 0 Å². The Labute approximate surface area is 117 Å². The number of halogens is 1. The molecule has 0 amide bonds. The SMILES string of the molecule is CCCCCCCCCCC(C)CCCI. The first-order valence-corrected chi connectivity index (χ1v) is 8.89. The molecule has 0 saturated carbocycles. The summed E-state index contributed by atoms with van der Waals surface area (Å²) in [5.74, 6) is 0.967. The van der Waals surface area contributed by atoms with Gasteiger partial charge in [-0.15, -0.1) is 0 Å². The highest BCUT2D eigenvalue weighted by Gasteiger charge is 2.00. The normalized spacial score (nSPS) is 12.9. The number of unbranched alkanes of at least 4 members (excludes halogenated alkanes) is 7. The molecule has 0 rings (SSSR count). The highest BCUT2D eigenvalue weighted by atomic mass is 127. The molecule has 0 spiro atoms. The van der Waals surface area contributed by atoms with Gasteiger partial charge in [0.25, 0.3) is 0 Å². The summed E-state index contributed by atoms with van der Waals surface area (Å²) in [4.78, 5) is 0. The van der Waals surface area contributed by atoms with Crippen molar-refractivity contribution in [3.8, 4) is 0 Å². The Morgan fingerprint density at radius 1 is 0.750 bits per heavy atom. The zero-order chi connectivity index (χ0) is 12.1. The van der Waals surface area contributed by atoms with Crippen LogP contribution in [0.1, 0.15) is 84.5 Å². The fourth-order valence-corrected chi connectivity index (χ4v) is 2.64. The van der Waals surface area contributed by atoms with Gasteiger partial charge in [0, 0.05) is 0 Å². The molecule has 0 radical (unpaired) electrons. The zero-order valence-corrected chi connectivity index (χ0v) is 13.6. The van der Waals surface area contributed by atoms with E-state index in [1.54, 1.807) is 0 Å². The third-order valence-corrected chi connectivity index (χ3v) is 4.14. The molecule has 1 heteroatoms. The molecular weight excluding hydrogens is 307 g/mol. The summed E-state index contributed by atoms with van der Waals surface area (Å²) < 4.78 is 1.33. The lowest BCUT2D eigenvalue weighted by Gasteiger charge is -2.09. The van der Waals surface area contributed by atoms with Gasteiger partial charge in [0.2, 0.25) is 0 Å². The van der Waals surface area contributed by atoms with E-state index in [0.717, 1.165) is 5.92 Å². The van der Waals surface area contributed by atoms with Crippen LogP contribution in [0, 0.1) is 5.92 Å². The molecule has 0 heterocycles. The maximum Gasteiger partial charge on any atom is -0.000463 e. The second-order valence-corrected chi connectivity index (χ2v) is 6.28. The van der Waals surface area contributed by atoms with Crippen molar-refractivity contribution in [1.82, 2.24) is 0 Å². The Morgan fingerprint density at radius 2 is 1.25 bits per heavy atom. The van der Waals surface area contributed by atoms with Crippen molar-refractivity contribution in [2.24, 2.45) is 5.92 Å². The van der Waals surface area contributed by atoms with Gasteiger partial charge >= 0.3 is 0 Å². The van der Waals surface area contributed by atoms with Crippen LogP contribution >= 0.6 is 22.6 Å². The fraction of sp³-hybridized carbons (Fsp3) is 1.00. The first kappa shape index (κ1) is 16.7. The molecule has 1 atom stereocenters. The minimum absolute atomic E-state index is 0.967. The lowest BCUT2D eigenvalue weighted by atomic mass is 9.98. The van der Waals surface area contributed by atoms with Gasteiger partial charge in [0.15, 0.2) is 0 Å². The smallest absolute Gasteiger partial charge is 0.000463 e. The van der Waals surface area contributed by atoms with Crippen molar-refractivity contribution < 1.29 is 0 Å². The van der Waals surface area contributed by atoms with Gasteiger partial charge in [-0.3, -0.25) is 0 Å². The van der Waals surface area contributed by atoms with Crippen molar-refractivity contribution in [2.45, 2.75) is 84.5 Å². The van der Waals surface area contributed by atoms with Crippen LogP contribution < -0.4 is 0 Å². The summed E-state index contributed by atoms with van der Waals surface area (Å²) in [6.07, 6.45) is 16.0. The molecule has 0 aromatic carbocycles. The maximum absolute atomic E-state index is 2.49. The maximum atomic E-state index is 2.49. The first-order valence-electron chi connectivity index (χ1n) is 7.37. The minimum Gasteiger partial charge on any atom is -0.0864 e. The van der Waals surface area contributed by atoms with Crippen molar-refractivity contribution in [1.29, 1.82) is 0 Å². The van der Waals surface area contributed by atoms with Crippen LogP contribution in [0.4, 0.5) is 0 Å². The van der Waals surface area contributed by atoms with Crippen LogP contribution in [0.5, 0.6) is 0 Å². The molecule has 98 valence electrons. The van der Waals surface area contributed by atoms with E-state index >= 15 is 0 Å². The quantitative estimate of drug-likeness (QED) is 0.220. The molecule has 0 fully saturated rings. The molecule has 0 aromatic heterocycles. The third-order valence-electron chi connectivity index (χ3n) is 3.38. The second-order valence-electron chi connectivity index (χ2n) is 5.20. The van der Waals surface area contributed by atoms with E-state index in [9.17, 15) is 0 Å². The summed E-state index contributed by atoms with van der Waals surface area (Å²) in [5, 5.41) is 0. The van der Waals surface area contributed by atoms with E-state index in [4.69, 9.17) is 0 Å². The lowest BCUT2D eigenvalue weighted by molar-refractivity contribution is 0.452. The zero-order valence-electron chi connectivity index (χ0n) is 11.4. The van der Waals surface area contributed by atoms with Crippen LogP contribution in [0.15, 0.2) is 0 Å². The summed E-state index contributed by atoms with van der Waals surface area (Å²) in [6.45, 7) is 4.71. The van der Waals surface area contributed by atoms with E-state index in [-0.39, 0.29) is 0 Å². The Morgan fingerprint density at radius 3 is 1.81 bits per heavy atom. The molecule has 0 N–H and O–H groups in total. The van der Waals surface area contributed by atoms with Gasteiger partial charge in [0.05, 0.1) is 0 Å². The fourth-order valence-electron chi connectivity index (χ4n) is 2.20. The second kappa shape index (κ2) is 13.8. The molecule has 16 heavy (non-hydrogen) atoms. The van der Waals surface area contributed by atoms with Gasteiger partial charge in [-0.2, -0.15) is 0 Å². The molecule has 0 aliphatic carbocycles. The van der Waals surface area contributed by atoms with Gasteiger partial charge in [0.1, 0.15) is 0 Å². The van der Waals surface area contributed by atoms with Crippen molar-refractivity contribution >= 4 is 22.6 Å². The largest absolute Gasteiger partial charge is 0.0864 e. The van der Waals surface area contributed by atoms with Crippen LogP contribution in [0.2, 0.25) is 0 Å². The number of hydrogen-bond donors (Lipinski definition) is 0. The van der Waals surface area contributed by atoms with Gasteiger partial charge in [-0.1, -0.05) is 94.2 Å². The van der Waals surface area contributed by atoms with Crippen LogP contribution in [-0.4, -0.2) is 4.43 Å². The predicted octanol–water partition coefficient (Wildman–Crippen LogP) is 6.37. The lowest BCUT2D eigenvalue weighted by Crippen LogP contribution is -1.95. The molecule has 0 aliphatic heterocycles. The molecule has 0 saturated heterocycles. The Bertz CT molecular complexity index is 123. The number of alkyl halides is 1. The Balaban J connectivity index is 3.02. The van der Waals surface area contributed by atoms with E-state index in [0.29, 0.717) is 0 Å². The topological polar surface area (TPSA) is 0 Å². The minimum atomic E-state index is 0.967. The molecule has 0 aromatic rings. The van der Waals surface area contributed by atoms with Crippen LogP contribution in [0.25, 0.3) is 0 Å². The molecule has 0 nitrogen and oxygen atoms in total. The van der Waals surface area contributed by atoms with E-state index in [1.807, 2.05) is 0 Å². The first-order chi connectivity index (χ1) is 7.81. The van der Waals surface area contributed by atoms with E-state index in [2.05, 4.69) is 36.4 Å². The average Bonchev–Trinajstić information content (AvgIpc) is 2.30. The van der Waals surface area contributed by atoms with Crippen LogP contribution in [-0.2, 0) is 0 Å². The molecule has 1 unspecified atom stereocenters. The van der Waals surface area contributed by atoms with E-state index < -0.39 is 0 Å². The van der Waals surface area contributed by atoms with Crippen molar-refractivity contribution in [2.75, 3.05) is 4.43 Å². The molecule has 0 bridgehead atoms. The Kier molecular flexibility index (Phi) is 14.4. The molecular formula is C15H31I. The average molecular weight is 338 g/mol. The van der Waals surface area contributed by atoms with Gasteiger partial charge in [-0.05, 0) is 23.2 Å². The Hall–Kier alpha value is 0.730. The number of rotatable bonds is 12. The summed E-state index contributed by atoms with van der Waals surface area (Å²) in [7, 11) is 0. The van der Waals surface area contributed by atoms with Crippen LogP contribution in [0.3, 0.4) is 0 Å². The number of hydrogen-bond acceptors (Lipinski definition) is 0. The highest BCUT2D eigenvalue weighted by molar-refractivity contribution is 14.1. The summed E-state index contributed by atoms with van der Waals surface area (Å²) >= 11 is 2.49. The third kappa shape index (κ3) is 12.8. The van der Waals surface area contributed by atoms with Gasteiger partial charge < -0.3 is 0 Å². The monoisotopic (exact) mass is 338 g/mol. The predicted molar refractivity (Wildman–Crippen MR) is 84.5 cm³/mol. The highest BCUT2D eigenvalue weighted by Crippen LogP contribution is 2.16.